The summed E-state index contributed by atoms with van der Waals surface area (Å²) < 4.78 is 0. The van der Waals surface area contributed by atoms with E-state index >= 15 is 0 Å². The summed E-state index contributed by atoms with van der Waals surface area (Å²) in [4.78, 5) is 51.6. The lowest BCUT2D eigenvalue weighted by molar-refractivity contribution is -0.133. The Bertz CT molecular complexity index is 1020. The van der Waals surface area contributed by atoms with Crippen LogP contribution in [0.15, 0.2) is 0 Å². The van der Waals surface area contributed by atoms with Crippen LogP contribution in [0.5, 0.6) is 0 Å². The Kier molecular flexibility index (Phi) is 19.9. The van der Waals surface area contributed by atoms with E-state index in [2.05, 4.69) is 37.2 Å². The van der Waals surface area contributed by atoms with E-state index in [-0.39, 0.29) is 69.2 Å². The molecule has 0 aromatic heterocycles. The molecule has 0 aliphatic rings. The molecular formula is C24H51N17O4. The van der Waals surface area contributed by atoms with Gasteiger partial charge in [-0.1, -0.05) is 0 Å². The van der Waals surface area contributed by atoms with E-state index in [4.69, 9.17) is 56.0 Å². The Balaban J connectivity index is 5.68. The fourth-order valence-electron chi connectivity index (χ4n) is 3.91. The number of carbonyl (C=O) groups is 4. The van der Waals surface area contributed by atoms with Crippen molar-refractivity contribution < 1.29 is 19.2 Å². The molecule has 256 valence electrons. The molecule has 0 radical (unpaired) electrons. The van der Waals surface area contributed by atoms with Gasteiger partial charge in [0.05, 0.1) is 6.04 Å². The highest BCUT2D eigenvalue weighted by Gasteiger charge is 2.29. The quantitative estimate of drug-likeness (QED) is 0.0281. The third-order valence-electron chi connectivity index (χ3n) is 6.23. The molecule has 21 nitrogen and oxygen atoms in total. The zero-order valence-corrected chi connectivity index (χ0v) is 25.4. The fraction of sp³-hybridized carbons (Fsp3) is 0.667. The molecule has 23 N–H and O–H groups in total. The maximum atomic E-state index is 13.4. The molecule has 45 heavy (non-hydrogen) atoms. The molecule has 0 bridgehead atoms. The zero-order valence-electron chi connectivity index (χ0n) is 25.4. The Morgan fingerprint density at radius 2 is 0.756 bits per heavy atom. The molecule has 0 rings (SSSR count). The first-order chi connectivity index (χ1) is 21.1. The first kappa shape index (κ1) is 39.9. The first-order valence-electron chi connectivity index (χ1n) is 14.4. The van der Waals surface area contributed by atoms with Gasteiger partial charge in [-0.2, -0.15) is 0 Å². The number of guanidine groups is 4. The lowest BCUT2D eigenvalue weighted by Crippen LogP contribution is -2.57. The van der Waals surface area contributed by atoms with Crippen LogP contribution in [0.4, 0.5) is 0 Å². The van der Waals surface area contributed by atoms with Gasteiger partial charge in [0.25, 0.3) is 0 Å². The van der Waals surface area contributed by atoms with E-state index in [9.17, 15) is 19.2 Å². The van der Waals surface area contributed by atoms with Gasteiger partial charge in [-0.05, 0) is 51.4 Å². The smallest absolute Gasteiger partial charge is 0.243 e. The molecule has 0 fully saturated rings. The lowest BCUT2D eigenvalue weighted by atomic mass is 10.0. The van der Waals surface area contributed by atoms with Gasteiger partial charge in [0.15, 0.2) is 23.8 Å². The van der Waals surface area contributed by atoms with Crippen molar-refractivity contribution >= 4 is 47.5 Å². The number of amides is 4. The van der Waals surface area contributed by atoms with E-state index in [1.54, 1.807) is 0 Å². The van der Waals surface area contributed by atoms with Crippen LogP contribution in [0, 0.1) is 21.6 Å². The molecule has 0 spiro atoms. The van der Waals surface area contributed by atoms with Gasteiger partial charge >= 0.3 is 0 Å². The molecule has 21 heteroatoms. The van der Waals surface area contributed by atoms with Crippen molar-refractivity contribution in [3.63, 3.8) is 0 Å². The summed E-state index contributed by atoms with van der Waals surface area (Å²) in [6.45, 7) is 1.04. The number of primary amides is 1. The van der Waals surface area contributed by atoms with Crippen LogP contribution in [0.3, 0.4) is 0 Å². The predicted octanol–water partition coefficient (Wildman–Crippen LogP) is -5.69. The number of nitrogens with two attached hydrogens (primary N) is 6. The average molecular weight is 642 g/mol. The summed E-state index contributed by atoms with van der Waals surface area (Å²) in [5, 5.41) is 47.2. The van der Waals surface area contributed by atoms with Gasteiger partial charge in [-0.25, -0.2) is 0 Å². The van der Waals surface area contributed by atoms with Crippen molar-refractivity contribution in [2.24, 2.45) is 34.4 Å². The zero-order chi connectivity index (χ0) is 34.4. The molecule has 4 amide bonds. The lowest BCUT2D eigenvalue weighted by Gasteiger charge is -2.26. The molecule has 0 saturated heterocycles. The van der Waals surface area contributed by atoms with Gasteiger partial charge in [0.2, 0.25) is 23.6 Å². The van der Waals surface area contributed by atoms with Crippen LogP contribution in [0.2, 0.25) is 0 Å². The third kappa shape index (κ3) is 20.5. The maximum absolute atomic E-state index is 13.4. The topological polar surface area (TPSA) is 404 Å². The predicted molar refractivity (Wildman–Crippen MR) is 170 cm³/mol. The molecule has 0 unspecified atom stereocenters. The Morgan fingerprint density at radius 3 is 1.09 bits per heavy atom. The van der Waals surface area contributed by atoms with E-state index < -0.39 is 47.8 Å². The van der Waals surface area contributed by atoms with E-state index in [0.29, 0.717) is 32.2 Å². The van der Waals surface area contributed by atoms with Gasteiger partial charge in [-0.15, -0.1) is 0 Å². The highest BCUT2D eigenvalue weighted by Crippen LogP contribution is 2.06. The molecule has 0 saturated carbocycles. The van der Waals surface area contributed by atoms with Crippen molar-refractivity contribution in [3.8, 4) is 0 Å². The van der Waals surface area contributed by atoms with Gasteiger partial charge in [0, 0.05) is 26.2 Å². The van der Waals surface area contributed by atoms with Crippen LogP contribution < -0.4 is 71.6 Å². The number of nitrogens with one attached hydrogen (secondary N) is 11. The second-order valence-corrected chi connectivity index (χ2v) is 10.1. The minimum Gasteiger partial charge on any atom is -0.370 e. The normalized spacial score (nSPS) is 13.1. The van der Waals surface area contributed by atoms with Crippen LogP contribution in [0.1, 0.15) is 51.4 Å². The molecule has 0 heterocycles. The SMILES string of the molecule is N=C(N)NCCC[C@H](NC(=O)[C@H](CCCNC(=N)N)NC(=O)[C@H](CCCNC(=N)N)NC(=O)[C@@H](N)CCCNC(=N)N)C(N)=O. The molecule has 0 aromatic rings. The molecule has 0 aliphatic heterocycles. The van der Waals surface area contributed by atoms with Gasteiger partial charge in [-0.3, -0.25) is 40.8 Å². The van der Waals surface area contributed by atoms with Crippen LogP contribution in [-0.4, -0.2) is 97.8 Å². The van der Waals surface area contributed by atoms with E-state index in [1.165, 1.54) is 0 Å². The number of hydrogen-bond acceptors (Lipinski definition) is 9. The highest BCUT2D eigenvalue weighted by molar-refractivity contribution is 5.94. The second kappa shape index (κ2) is 22.5. The number of hydrogen-bond donors (Lipinski definition) is 17. The Labute approximate surface area is 261 Å². The van der Waals surface area contributed by atoms with Crippen LogP contribution >= 0.6 is 0 Å². The van der Waals surface area contributed by atoms with E-state index in [1.807, 2.05) is 0 Å². The minimum absolute atomic E-state index is 0.0739. The van der Waals surface area contributed by atoms with E-state index in [0.717, 1.165) is 0 Å². The standard InChI is InChI=1S/C24H51N17O4/c25-13(5-1-9-35-21(27)28)18(43)40-15(7-3-11-37-23(31)32)20(45)41-16(8-4-12-38-24(33)34)19(44)39-14(17(26)42)6-2-10-36-22(29)30/h13-16H,1-12,25H2,(H2,26,42)(H,39,44)(H,40,43)(H,41,45)(H4,27,28,35)(H4,29,30,36)(H4,31,32,37)(H4,33,34,38)/t13-,14-,15-,16-/m0/s1. The van der Waals surface area contributed by atoms with Gasteiger partial charge in [0.1, 0.15) is 18.1 Å². The second-order valence-electron chi connectivity index (χ2n) is 10.1. The van der Waals surface area contributed by atoms with Crippen LogP contribution in [0.25, 0.3) is 0 Å². The summed E-state index contributed by atoms with van der Waals surface area (Å²) in [5.41, 5.74) is 32.6. The number of rotatable bonds is 23. The minimum atomic E-state index is -1.16. The van der Waals surface area contributed by atoms with Crippen molar-refractivity contribution in [3.05, 3.63) is 0 Å². The molecular weight excluding hydrogens is 590 g/mol. The van der Waals surface area contributed by atoms with Crippen molar-refractivity contribution in [1.29, 1.82) is 21.6 Å². The monoisotopic (exact) mass is 641 g/mol. The molecule has 0 aliphatic carbocycles. The van der Waals surface area contributed by atoms with Crippen molar-refractivity contribution in [2.75, 3.05) is 26.2 Å². The Hall–Kier alpha value is -5.08. The summed E-state index contributed by atoms with van der Waals surface area (Å²) in [7, 11) is 0. The molecule has 4 atom stereocenters. The largest absolute Gasteiger partial charge is 0.370 e. The summed E-state index contributed by atoms with van der Waals surface area (Å²) >= 11 is 0. The average Bonchev–Trinajstić information content (AvgIpc) is 2.94. The number of carbonyl (C=O) groups excluding carboxylic acids is 4. The summed E-state index contributed by atoms with van der Waals surface area (Å²) in [6, 6.07) is -4.34. The van der Waals surface area contributed by atoms with Gasteiger partial charge < -0.3 is 71.6 Å². The molecule has 0 aromatic carbocycles. The Morgan fingerprint density at radius 1 is 0.467 bits per heavy atom. The van der Waals surface area contributed by atoms with Crippen LogP contribution in [-0.2, 0) is 19.2 Å². The van der Waals surface area contributed by atoms with Crippen molar-refractivity contribution in [1.82, 2.24) is 37.2 Å². The third-order valence-corrected chi connectivity index (χ3v) is 6.23. The van der Waals surface area contributed by atoms with Crippen molar-refractivity contribution in [2.45, 2.75) is 75.5 Å². The first-order valence-corrected chi connectivity index (χ1v) is 14.4. The summed E-state index contributed by atoms with van der Waals surface area (Å²) in [6.07, 6.45) is 1.92. The fourth-order valence-corrected chi connectivity index (χ4v) is 3.91. The maximum Gasteiger partial charge on any atom is 0.243 e. The summed E-state index contributed by atoms with van der Waals surface area (Å²) in [5.74, 6) is -3.82. The highest BCUT2D eigenvalue weighted by atomic mass is 16.2.